The lowest BCUT2D eigenvalue weighted by Gasteiger charge is -2.41. The fraction of sp³-hybridized carbons (Fsp3) is 0.421. The number of likely N-dealkylation sites (N-methyl/N-ethyl adjacent to an activating group) is 1. The number of rotatable bonds is 5. The van der Waals surface area contributed by atoms with Gasteiger partial charge in [-0.1, -0.05) is 6.07 Å². The van der Waals surface area contributed by atoms with Crippen molar-refractivity contribution >= 4 is 11.9 Å². The van der Waals surface area contributed by atoms with Crippen LogP contribution in [0.3, 0.4) is 0 Å². The summed E-state index contributed by atoms with van der Waals surface area (Å²) in [6, 6.07) is 8.79. The van der Waals surface area contributed by atoms with Crippen LogP contribution >= 0.6 is 0 Å². The topological polar surface area (TPSA) is 78.8 Å². The molecule has 2 aromatic rings. The van der Waals surface area contributed by atoms with Crippen molar-refractivity contribution in [2.45, 2.75) is 18.4 Å². The monoisotopic (exact) mass is 356 g/mol. The van der Waals surface area contributed by atoms with Gasteiger partial charge in [0.25, 0.3) is 5.91 Å². The number of aromatic nitrogens is 2. The highest BCUT2D eigenvalue weighted by atomic mass is 16.5. The zero-order chi connectivity index (χ0) is 18.6. The number of methoxy groups -OCH3 is 1. The first-order valence-electron chi connectivity index (χ1n) is 8.65. The van der Waals surface area contributed by atoms with Gasteiger partial charge in [0.2, 0.25) is 5.95 Å². The van der Waals surface area contributed by atoms with Crippen molar-refractivity contribution < 1.29 is 14.6 Å². The van der Waals surface area contributed by atoms with Crippen LogP contribution in [-0.4, -0.2) is 65.3 Å². The summed E-state index contributed by atoms with van der Waals surface area (Å²) in [5.74, 6) is 1.09. The molecule has 26 heavy (non-hydrogen) atoms. The molecule has 0 saturated carbocycles. The molecule has 1 aliphatic heterocycles. The van der Waals surface area contributed by atoms with Gasteiger partial charge in [-0.05, 0) is 37.1 Å². The molecule has 0 radical (unpaired) electrons. The van der Waals surface area contributed by atoms with Crippen molar-refractivity contribution in [1.82, 2.24) is 14.9 Å². The number of benzene rings is 1. The fourth-order valence-electron chi connectivity index (χ4n) is 3.36. The Morgan fingerprint density at radius 1 is 1.35 bits per heavy atom. The summed E-state index contributed by atoms with van der Waals surface area (Å²) >= 11 is 0. The van der Waals surface area contributed by atoms with E-state index in [0.717, 1.165) is 13.0 Å². The third-order valence-electron chi connectivity index (χ3n) is 4.59. The number of piperidine rings is 1. The first-order chi connectivity index (χ1) is 12.5. The standard InChI is InChI=1S/C19H24N4O3/c1-22(17(24)15-6-3-7-16(12-15)26-2)13-19(25)8-4-11-23(14-19)18-20-9-5-10-21-18/h3,5-7,9-10,12,25H,4,8,11,13-14H2,1-2H3. The lowest BCUT2D eigenvalue weighted by atomic mass is 9.92. The van der Waals surface area contributed by atoms with Crippen LogP contribution < -0.4 is 9.64 Å². The van der Waals surface area contributed by atoms with E-state index in [-0.39, 0.29) is 12.5 Å². The Morgan fingerprint density at radius 3 is 2.85 bits per heavy atom. The summed E-state index contributed by atoms with van der Waals surface area (Å²) in [4.78, 5) is 24.7. The number of amides is 1. The van der Waals surface area contributed by atoms with Crippen LogP contribution in [-0.2, 0) is 0 Å². The van der Waals surface area contributed by atoms with Crippen molar-refractivity contribution in [1.29, 1.82) is 0 Å². The summed E-state index contributed by atoms with van der Waals surface area (Å²) in [5.41, 5.74) is -0.463. The highest BCUT2D eigenvalue weighted by molar-refractivity contribution is 5.94. The second-order valence-electron chi connectivity index (χ2n) is 6.69. The maximum Gasteiger partial charge on any atom is 0.253 e. The molecule has 1 aromatic carbocycles. The Morgan fingerprint density at radius 2 is 2.12 bits per heavy atom. The number of anilines is 1. The normalized spacial score (nSPS) is 19.9. The molecule has 1 aromatic heterocycles. The number of aliphatic hydroxyl groups is 1. The van der Waals surface area contributed by atoms with Crippen LogP contribution in [0, 0.1) is 0 Å². The van der Waals surface area contributed by atoms with Crippen LogP contribution in [0.4, 0.5) is 5.95 Å². The predicted molar refractivity (Wildman–Crippen MR) is 98.4 cm³/mol. The van der Waals surface area contributed by atoms with E-state index in [0.29, 0.717) is 30.2 Å². The van der Waals surface area contributed by atoms with Crippen LogP contribution in [0.2, 0.25) is 0 Å². The molecule has 0 spiro atoms. The van der Waals surface area contributed by atoms with Gasteiger partial charge in [0.15, 0.2) is 0 Å². The molecule has 2 heterocycles. The molecule has 7 nitrogen and oxygen atoms in total. The third kappa shape index (κ3) is 4.11. The van der Waals surface area contributed by atoms with Crippen molar-refractivity contribution in [3.63, 3.8) is 0 Å². The minimum atomic E-state index is -0.999. The number of carbonyl (C=O) groups is 1. The van der Waals surface area contributed by atoms with Crippen molar-refractivity contribution in [3.8, 4) is 5.75 Å². The fourth-order valence-corrected chi connectivity index (χ4v) is 3.36. The largest absolute Gasteiger partial charge is 0.497 e. The van der Waals surface area contributed by atoms with E-state index in [4.69, 9.17) is 4.74 Å². The van der Waals surface area contributed by atoms with Crippen molar-refractivity contribution in [3.05, 3.63) is 48.3 Å². The molecule has 1 atom stereocenters. The van der Waals surface area contributed by atoms with Crippen molar-refractivity contribution in [2.24, 2.45) is 0 Å². The summed E-state index contributed by atoms with van der Waals surface area (Å²) in [7, 11) is 3.27. The van der Waals surface area contributed by atoms with Gasteiger partial charge in [-0.25, -0.2) is 9.97 Å². The lowest BCUT2D eigenvalue weighted by Crippen LogP contribution is -2.55. The van der Waals surface area contributed by atoms with Gasteiger partial charge in [0.1, 0.15) is 5.75 Å². The molecule has 138 valence electrons. The van der Waals surface area contributed by atoms with E-state index in [9.17, 15) is 9.90 Å². The molecule has 1 fully saturated rings. The molecule has 3 rings (SSSR count). The first kappa shape index (κ1) is 18.1. The van der Waals surface area contributed by atoms with Gasteiger partial charge in [0, 0.05) is 31.5 Å². The summed E-state index contributed by atoms with van der Waals surface area (Å²) in [5, 5.41) is 11.1. The van der Waals surface area contributed by atoms with Crippen LogP contribution in [0.25, 0.3) is 0 Å². The highest BCUT2D eigenvalue weighted by Crippen LogP contribution is 2.25. The van der Waals surface area contributed by atoms with Crippen LogP contribution in [0.5, 0.6) is 5.75 Å². The molecule has 0 bridgehead atoms. The summed E-state index contributed by atoms with van der Waals surface area (Å²) in [6.45, 7) is 1.43. The Balaban J connectivity index is 1.69. The van der Waals surface area contributed by atoms with E-state index in [1.54, 1.807) is 61.8 Å². The number of hydrogen-bond acceptors (Lipinski definition) is 6. The third-order valence-corrected chi connectivity index (χ3v) is 4.59. The highest BCUT2D eigenvalue weighted by Gasteiger charge is 2.36. The quantitative estimate of drug-likeness (QED) is 0.876. The molecule has 1 aliphatic rings. The average molecular weight is 356 g/mol. The maximum atomic E-state index is 12.7. The average Bonchev–Trinajstić information content (AvgIpc) is 2.67. The summed E-state index contributed by atoms with van der Waals surface area (Å²) < 4.78 is 5.18. The number of carbonyl (C=O) groups excluding carboxylic acids is 1. The zero-order valence-corrected chi connectivity index (χ0v) is 15.1. The van der Waals surface area contributed by atoms with Crippen LogP contribution in [0.1, 0.15) is 23.2 Å². The zero-order valence-electron chi connectivity index (χ0n) is 15.1. The molecule has 1 amide bonds. The number of hydrogen-bond donors (Lipinski definition) is 1. The first-order valence-corrected chi connectivity index (χ1v) is 8.65. The molecule has 7 heteroatoms. The van der Waals surface area contributed by atoms with E-state index in [1.807, 2.05) is 4.90 Å². The predicted octanol–water partition coefficient (Wildman–Crippen LogP) is 1.59. The number of β-amino-alcohol motifs (C(OH)–C–C–N with tert-alkyl or cyclic N) is 1. The smallest absolute Gasteiger partial charge is 0.253 e. The molecular formula is C19H24N4O3. The second kappa shape index (κ2) is 7.70. The van der Waals surface area contributed by atoms with Gasteiger partial charge < -0.3 is 19.6 Å². The number of nitrogens with zero attached hydrogens (tertiary/aromatic N) is 4. The van der Waals surface area contributed by atoms with E-state index < -0.39 is 5.60 Å². The Labute approximate surface area is 153 Å². The lowest BCUT2D eigenvalue weighted by molar-refractivity contribution is -0.000300. The van der Waals surface area contributed by atoms with Crippen LogP contribution in [0.15, 0.2) is 42.7 Å². The van der Waals surface area contributed by atoms with E-state index in [1.165, 1.54) is 0 Å². The Hall–Kier alpha value is -2.67. The van der Waals surface area contributed by atoms with Crippen molar-refractivity contribution in [2.75, 3.05) is 38.7 Å². The molecule has 1 saturated heterocycles. The molecular weight excluding hydrogens is 332 g/mol. The summed E-state index contributed by atoms with van der Waals surface area (Å²) in [6.07, 6.45) is 4.82. The SMILES string of the molecule is COc1cccc(C(=O)N(C)CC2(O)CCCN(c3ncccn3)C2)c1. The Bertz CT molecular complexity index is 755. The van der Waals surface area contributed by atoms with Gasteiger partial charge in [-0.3, -0.25) is 4.79 Å². The number of ether oxygens (including phenoxy) is 1. The second-order valence-corrected chi connectivity index (χ2v) is 6.69. The minimum Gasteiger partial charge on any atom is -0.497 e. The minimum absolute atomic E-state index is 0.148. The van der Waals surface area contributed by atoms with Gasteiger partial charge in [-0.15, -0.1) is 0 Å². The van der Waals surface area contributed by atoms with E-state index in [2.05, 4.69) is 9.97 Å². The van der Waals surface area contributed by atoms with E-state index >= 15 is 0 Å². The Kier molecular flexibility index (Phi) is 5.37. The molecule has 1 N–H and O–H groups in total. The maximum absolute atomic E-state index is 12.7. The van der Waals surface area contributed by atoms with Gasteiger partial charge in [-0.2, -0.15) is 0 Å². The van der Waals surface area contributed by atoms with Gasteiger partial charge >= 0.3 is 0 Å². The molecule has 0 aliphatic carbocycles. The molecule has 1 unspecified atom stereocenters. The van der Waals surface area contributed by atoms with Gasteiger partial charge in [0.05, 0.1) is 25.8 Å².